The van der Waals surface area contributed by atoms with E-state index in [0.29, 0.717) is 31.0 Å². The van der Waals surface area contributed by atoms with E-state index in [1.807, 2.05) is 42.6 Å². The van der Waals surface area contributed by atoms with Crippen molar-refractivity contribution < 1.29 is 9.59 Å². The zero-order valence-corrected chi connectivity index (χ0v) is 18.6. The van der Waals surface area contributed by atoms with Gasteiger partial charge in [-0.15, -0.1) is 0 Å². The minimum absolute atomic E-state index is 0.0763. The summed E-state index contributed by atoms with van der Waals surface area (Å²) in [7, 11) is 1.78. The van der Waals surface area contributed by atoms with Crippen molar-refractivity contribution in [3.05, 3.63) is 72.2 Å². The highest BCUT2D eigenvalue weighted by Crippen LogP contribution is 2.28. The Morgan fingerprint density at radius 1 is 1.06 bits per heavy atom. The molecular weight excluding hydrogens is 400 g/mol. The van der Waals surface area contributed by atoms with Crippen molar-refractivity contribution >= 4 is 11.7 Å². The third-order valence-electron chi connectivity index (χ3n) is 6.26. The fourth-order valence-electron chi connectivity index (χ4n) is 4.32. The van der Waals surface area contributed by atoms with Crippen LogP contribution in [-0.2, 0) is 6.54 Å². The Morgan fingerprint density at radius 2 is 1.91 bits per heavy atom. The van der Waals surface area contributed by atoms with Crippen molar-refractivity contribution in [2.45, 2.75) is 45.1 Å². The molecule has 6 heteroatoms. The van der Waals surface area contributed by atoms with Gasteiger partial charge in [0.1, 0.15) is 0 Å². The van der Waals surface area contributed by atoms with Crippen molar-refractivity contribution in [1.29, 1.82) is 0 Å². The van der Waals surface area contributed by atoms with Gasteiger partial charge < -0.3 is 4.90 Å². The summed E-state index contributed by atoms with van der Waals surface area (Å²) in [6, 6.07) is 13.2. The number of carbonyl (C=O) groups excluding carboxylic acids is 2. The molecular formula is C26H30N4O2. The Balaban J connectivity index is 1.39. The zero-order valence-electron chi connectivity index (χ0n) is 18.6. The second kappa shape index (κ2) is 10.4. The quantitative estimate of drug-likeness (QED) is 0.478. The molecule has 6 nitrogen and oxygen atoms in total. The van der Waals surface area contributed by atoms with E-state index in [0.717, 1.165) is 16.8 Å². The lowest BCUT2D eigenvalue weighted by Gasteiger charge is -2.20. The summed E-state index contributed by atoms with van der Waals surface area (Å²) in [5.74, 6) is 0.658. The molecule has 0 aliphatic heterocycles. The number of carbonyl (C=O) groups is 2. The second-order valence-electron chi connectivity index (χ2n) is 8.64. The van der Waals surface area contributed by atoms with Crippen LogP contribution in [0.15, 0.2) is 61.1 Å². The van der Waals surface area contributed by atoms with Crippen LogP contribution in [-0.4, -0.2) is 44.9 Å². The molecule has 166 valence electrons. The average molecular weight is 431 g/mol. The Bertz CT molecular complexity index is 1040. The number of hydrogen-bond acceptors (Lipinski definition) is 4. The van der Waals surface area contributed by atoms with Crippen LogP contribution in [0.2, 0.25) is 0 Å². The molecule has 2 heterocycles. The van der Waals surface area contributed by atoms with Gasteiger partial charge in [0.2, 0.25) is 0 Å². The number of amides is 1. The van der Waals surface area contributed by atoms with Gasteiger partial charge >= 0.3 is 0 Å². The van der Waals surface area contributed by atoms with Crippen molar-refractivity contribution in [1.82, 2.24) is 19.7 Å². The summed E-state index contributed by atoms with van der Waals surface area (Å²) in [6.07, 6.45) is 12.0. The van der Waals surface area contributed by atoms with Gasteiger partial charge in [0.05, 0.1) is 17.8 Å². The molecule has 1 aliphatic rings. The molecule has 1 saturated carbocycles. The van der Waals surface area contributed by atoms with Crippen molar-refractivity contribution in [2.24, 2.45) is 5.92 Å². The third kappa shape index (κ3) is 5.49. The number of benzene rings is 1. The van der Waals surface area contributed by atoms with Gasteiger partial charge in [-0.05, 0) is 30.2 Å². The molecule has 0 unspecified atom stereocenters. The van der Waals surface area contributed by atoms with Gasteiger partial charge in [0, 0.05) is 49.7 Å². The molecule has 32 heavy (non-hydrogen) atoms. The lowest BCUT2D eigenvalue weighted by atomic mass is 9.84. The zero-order chi connectivity index (χ0) is 22.3. The maximum atomic E-state index is 12.8. The van der Waals surface area contributed by atoms with Crippen molar-refractivity contribution in [2.75, 3.05) is 13.6 Å². The molecule has 1 amide bonds. The minimum Gasteiger partial charge on any atom is -0.340 e. The Kier molecular flexibility index (Phi) is 7.10. The largest absolute Gasteiger partial charge is 0.340 e. The number of hydrogen-bond donors (Lipinski definition) is 0. The number of rotatable bonds is 8. The van der Waals surface area contributed by atoms with Crippen LogP contribution in [0.5, 0.6) is 0 Å². The maximum absolute atomic E-state index is 12.8. The molecule has 0 atom stereocenters. The minimum atomic E-state index is -0.0763. The maximum Gasteiger partial charge on any atom is 0.255 e. The molecule has 4 rings (SSSR count). The summed E-state index contributed by atoms with van der Waals surface area (Å²) < 4.78 is 1.80. The van der Waals surface area contributed by atoms with E-state index in [-0.39, 0.29) is 11.7 Å². The molecule has 0 N–H and O–H groups in total. The summed E-state index contributed by atoms with van der Waals surface area (Å²) in [5, 5.41) is 4.16. The monoisotopic (exact) mass is 430 g/mol. The van der Waals surface area contributed by atoms with Crippen LogP contribution in [0, 0.1) is 5.92 Å². The van der Waals surface area contributed by atoms with E-state index >= 15 is 0 Å². The van der Waals surface area contributed by atoms with E-state index in [4.69, 9.17) is 0 Å². The van der Waals surface area contributed by atoms with Crippen LogP contribution in [0.3, 0.4) is 0 Å². The summed E-state index contributed by atoms with van der Waals surface area (Å²) in [5.41, 5.74) is 2.94. The molecule has 0 spiro atoms. The van der Waals surface area contributed by atoms with Gasteiger partial charge in [-0.3, -0.25) is 19.3 Å². The Labute approximate surface area is 189 Å². The second-order valence-corrected chi connectivity index (χ2v) is 8.64. The first-order valence-electron chi connectivity index (χ1n) is 11.4. The predicted octanol–water partition coefficient (Wildman–Crippen LogP) is 4.87. The van der Waals surface area contributed by atoms with Crippen LogP contribution in [0.25, 0.3) is 11.3 Å². The van der Waals surface area contributed by atoms with Gasteiger partial charge in [0.25, 0.3) is 5.91 Å². The van der Waals surface area contributed by atoms with E-state index in [2.05, 4.69) is 10.1 Å². The van der Waals surface area contributed by atoms with Gasteiger partial charge in [-0.25, -0.2) is 0 Å². The summed E-state index contributed by atoms with van der Waals surface area (Å²) in [4.78, 5) is 31.7. The van der Waals surface area contributed by atoms with Crippen molar-refractivity contribution in [3.8, 4) is 11.3 Å². The Morgan fingerprint density at radius 3 is 2.62 bits per heavy atom. The highest BCUT2D eigenvalue weighted by atomic mass is 16.2. The molecule has 1 aromatic carbocycles. The first-order chi connectivity index (χ1) is 15.6. The number of pyridine rings is 1. The standard InChI is InChI=1S/C26H30N4O2/c1-29(15-16-30-14-6-13-28-30)26(32)23-11-12-24(27-19-23)21-9-5-10-22(18-21)25(31)17-20-7-3-2-4-8-20/h5-6,9-14,18-20H,2-4,7-8,15-17H2,1H3. The molecule has 3 aromatic rings. The van der Waals surface area contributed by atoms with Crippen molar-refractivity contribution in [3.63, 3.8) is 0 Å². The molecule has 1 aliphatic carbocycles. The number of aromatic nitrogens is 3. The number of likely N-dealkylation sites (N-methyl/N-ethyl adjacent to an activating group) is 1. The predicted molar refractivity (Wildman–Crippen MR) is 124 cm³/mol. The smallest absolute Gasteiger partial charge is 0.255 e. The van der Waals surface area contributed by atoms with Crippen LogP contribution in [0.4, 0.5) is 0 Å². The van der Waals surface area contributed by atoms with Crippen LogP contribution >= 0.6 is 0 Å². The molecule has 2 aromatic heterocycles. The van der Waals surface area contributed by atoms with Gasteiger partial charge in [-0.2, -0.15) is 5.10 Å². The number of nitrogens with zero attached hydrogens (tertiary/aromatic N) is 4. The normalized spacial score (nSPS) is 14.3. The van der Waals surface area contributed by atoms with Crippen LogP contribution in [0.1, 0.15) is 59.2 Å². The lowest BCUT2D eigenvalue weighted by Crippen LogP contribution is -2.30. The topological polar surface area (TPSA) is 68.1 Å². The van der Waals surface area contributed by atoms with Crippen LogP contribution < -0.4 is 0 Å². The number of ketones is 1. The summed E-state index contributed by atoms with van der Waals surface area (Å²) in [6.45, 7) is 1.20. The molecule has 0 bridgehead atoms. The fourth-order valence-corrected chi connectivity index (χ4v) is 4.32. The average Bonchev–Trinajstić information content (AvgIpc) is 3.37. The highest BCUT2D eigenvalue weighted by molar-refractivity contribution is 5.97. The van der Waals surface area contributed by atoms with E-state index in [1.54, 1.807) is 35.1 Å². The van der Waals surface area contributed by atoms with Gasteiger partial charge in [0.15, 0.2) is 5.78 Å². The fraction of sp³-hybridized carbons (Fsp3) is 0.385. The van der Waals surface area contributed by atoms with E-state index < -0.39 is 0 Å². The third-order valence-corrected chi connectivity index (χ3v) is 6.26. The highest BCUT2D eigenvalue weighted by Gasteiger charge is 2.18. The van der Waals surface area contributed by atoms with E-state index in [9.17, 15) is 9.59 Å². The molecule has 0 radical (unpaired) electrons. The number of Topliss-reactive ketones (excluding diaryl/α,β-unsaturated/α-hetero) is 1. The first-order valence-corrected chi connectivity index (χ1v) is 11.4. The summed E-state index contributed by atoms with van der Waals surface area (Å²) >= 11 is 0. The first kappa shape index (κ1) is 21.9. The lowest BCUT2D eigenvalue weighted by molar-refractivity contribution is 0.0788. The van der Waals surface area contributed by atoms with Gasteiger partial charge in [-0.1, -0.05) is 50.3 Å². The molecule has 1 fully saturated rings. The Hall–Kier alpha value is -3.28. The van der Waals surface area contributed by atoms with E-state index in [1.165, 1.54) is 32.1 Å². The SMILES string of the molecule is CN(CCn1cccn1)C(=O)c1ccc(-c2cccc(C(=O)CC3CCCCC3)c2)nc1. The molecule has 0 saturated heterocycles.